The highest BCUT2D eigenvalue weighted by Gasteiger charge is 2.21. The Kier molecular flexibility index (Phi) is 6.10. The van der Waals surface area contributed by atoms with E-state index >= 15 is 0 Å². The average Bonchev–Trinajstić information content (AvgIpc) is 2.53. The first-order chi connectivity index (χ1) is 11.0. The Morgan fingerprint density at radius 2 is 2.22 bits per heavy atom. The monoisotopic (exact) mass is 319 g/mol. The highest BCUT2D eigenvalue weighted by Crippen LogP contribution is 2.19. The molecule has 126 valence electrons. The van der Waals surface area contributed by atoms with E-state index in [1.165, 1.54) is 18.9 Å². The average molecular weight is 319 g/mol. The Labute approximate surface area is 137 Å². The number of para-hydroxylation sites is 1. The van der Waals surface area contributed by atoms with Crippen LogP contribution in [-0.4, -0.2) is 41.4 Å². The number of likely N-dealkylation sites (tertiary alicyclic amines) is 1. The summed E-state index contributed by atoms with van der Waals surface area (Å²) in [7, 11) is 0. The molecule has 1 aromatic carbocycles. The van der Waals surface area contributed by atoms with Crippen LogP contribution in [0, 0.1) is 16.0 Å². The van der Waals surface area contributed by atoms with Crippen molar-refractivity contribution in [2.45, 2.75) is 39.2 Å². The molecule has 1 N–H and O–H groups in total. The quantitative estimate of drug-likeness (QED) is 0.645. The molecule has 1 heterocycles. The van der Waals surface area contributed by atoms with Crippen LogP contribution in [-0.2, 0) is 11.2 Å². The van der Waals surface area contributed by atoms with Gasteiger partial charge in [0.15, 0.2) is 0 Å². The molecule has 2 atom stereocenters. The molecule has 1 saturated heterocycles. The number of amides is 1. The van der Waals surface area contributed by atoms with Crippen molar-refractivity contribution < 1.29 is 9.72 Å². The molecule has 0 saturated carbocycles. The van der Waals surface area contributed by atoms with E-state index in [4.69, 9.17) is 0 Å². The fraction of sp³-hybridized carbons (Fsp3) is 0.588. The molecule has 1 aliphatic heterocycles. The fourth-order valence-corrected chi connectivity index (χ4v) is 3.09. The predicted molar refractivity (Wildman–Crippen MR) is 89.2 cm³/mol. The Balaban J connectivity index is 1.84. The van der Waals surface area contributed by atoms with Crippen LogP contribution in [0.3, 0.4) is 0 Å². The summed E-state index contributed by atoms with van der Waals surface area (Å²) in [6.07, 6.45) is 2.52. The van der Waals surface area contributed by atoms with Gasteiger partial charge in [0.2, 0.25) is 5.91 Å². The van der Waals surface area contributed by atoms with Crippen molar-refractivity contribution in [3.05, 3.63) is 39.9 Å². The van der Waals surface area contributed by atoms with E-state index in [0.29, 0.717) is 18.0 Å². The molecule has 0 radical (unpaired) electrons. The zero-order chi connectivity index (χ0) is 16.8. The summed E-state index contributed by atoms with van der Waals surface area (Å²) in [5.41, 5.74) is 0.454. The van der Waals surface area contributed by atoms with Crippen LogP contribution < -0.4 is 5.32 Å². The molecule has 0 aromatic heterocycles. The number of hydrogen-bond acceptors (Lipinski definition) is 4. The molecule has 6 nitrogen and oxygen atoms in total. The minimum atomic E-state index is -0.444. The third-order valence-electron chi connectivity index (χ3n) is 4.45. The van der Waals surface area contributed by atoms with Gasteiger partial charge in [0, 0.05) is 30.8 Å². The summed E-state index contributed by atoms with van der Waals surface area (Å²) in [6.45, 7) is 7.09. The Hall–Kier alpha value is -1.95. The zero-order valence-electron chi connectivity index (χ0n) is 13.8. The SMILES string of the molecule is C[C@@H]1CCCN([C@H](C)CNC(=O)Cc2ccccc2[N+](=O)[O-])C1. The Morgan fingerprint density at radius 3 is 2.91 bits per heavy atom. The maximum absolute atomic E-state index is 12.1. The van der Waals surface area contributed by atoms with Gasteiger partial charge in [0.05, 0.1) is 11.3 Å². The normalized spacial score (nSPS) is 20.0. The van der Waals surface area contributed by atoms with Crippen LogP contribution in [0.25, 0.3) is 0 Å². The van der Waals surface area contributed by atoms with Gasteiger partial charge >= 0.3 is 0 Å². The molecular weight excluding hydrogens is 294 g/mol. The standard InChI is InChI=1S/C17H25N3O3/c1-13-6-5-9-19(12-13)14(2)11-18-17(21)10-15-7-3-4-8-16(15)20(22)23/h3-4,7-8,13-14H,5-6,9-12H2,1-2H3,(H,18,21)/t13-,14-/m1/s1. The van der Waals surface area contributed by atoms with Gasteiger partial charge in [-0.3, -0.25) is 19.8 Å². The lowest BCUT2D eigenvalue weighted by molar-refractivity contribution is -0.385. The largest absolute Gasteiger partial charge is 0.354 e. The number of nitro benzene ring substituents is 1. The van der Waals surface area contributed by atoms with E-state index in [1.807, 2.05) is 0 Å². The summed E-state index contributed by atoms with van der Waals surface area (Å²) >= 11 is 0. The zero-order valence-corrected chi connectivity index (χ0v) is 13.8. The van der Waals surface area contributed by atoms with E-state index in [0.717, 1.165) is 13.1 Å². The molecule has 23 heavy (non-hydrogen) atoms. The number of carbonyl (C=O) groups is 1. The van der Waals surface area contributed by atoms with Gasteiger partial charge in [-0.15, -0.1) is 0 Å². The second kappa shape index (κ2) is 8.06. The van der Waals surface area contributed by atoms with Crippen molar-refractivity contribution in [2.75, 3.05) is 19.6 Å². The number of rotatable bonds is 6. The second-order valence-corrected chi connectivity index (χ2v) is 6.46. The van der Waals surface area contributed by atoms with Crippen molar-refractivity contribution in [3.8, 4) is 0 Å². The summed E-state index contributed by atoms with van der Waals surface area (Å²) in [4.78, 5) is 25.0. The summed E-state index contributed by atoms with van der Waals surface area (Å²) < 4.78 is 0. The van der Waals surface area contributed by atoms with Crippen molar-refractivity contribution in [3.63, 3.8) is 0 Å². The number of hydrogen-bond donors (Lipinski definition) is 1. The highest BCUT2D eigenvalue weighted by molar-refractivity contribution is 5.79. The molecule has 0 unspecified atom stereocenters. The lowest BCUT2D eigenvalue weighted by Crippen LogP contribution is -2.46. The molecule has 1 amide bonds. The Bertz CT molecular complexity index is 562. The smallest absolute Gasteiger partial charge is 0.273 e. The number of carbonyl (C=O) groups excluding carboxylic acids is 1. The molecule has 1 aromatic rings. The molecule has 0 bridgehead atoms. The molecule has 6 heteroatoms. The lowest BCUT2D eigenvalue weighted by Gasteiger charge is -2.35. The summed E-state index contributed by atoms with van der Waals surface area (Å²) in [6, 6.07) is 6.67. The predicted octanol–water partition coefficient (Wildman–Crippen LogP) is 2.37. The molecule has 0 spiro atoms. The third-order valence-corrected chi connectivity index (χ3v) is 4.45. The molecule has 2 rings (SSSR count). The number of nitrogens with zero attached hydrogens (tertiary/aromatic N) is 2. The first-order valence-corrected chi connectivity index (χ1v) is 8.20. The van der Waals surface area contributed by atoms with Crippen LogP contribution in [0.2, 0.25) is 0 Å². The molecular formula is C17H25N3O3. The fourth-order valence-electron chi connectivity index (χ4n) is 3.09. The van der Waals surface area contributed by atoms with Crippen molar-refractivity contribution >= 4 is 11.6 Å². The van der Waals surface area contributed by atoms with E-state index in [1.54, 1.807) is 18.2 Å². The topological polar surface area (TPSA) is 75.5 Å². The first-order valence-electron chi connectivity index (χ1n) is 8.20. The van der Waals surface area contributed by atoms with E-state index in [2.05, 4.69) is 24.1 Å². The number of nitrogens with one attached hydrogen (secondary N) is 1. The third kappa shape index (κ3) is 5.03. The molecule has 1 fully saturated rings. The van der Waals surface area contributed by atoms with Gasteiger partial charge in [-0.05, 0) is 32.2 Å². The molecule has 1 aliphatic rings. The van der Waals surface area contributed by atoms with Crippen LogP contribution in [0.15, 0.2) is 24.3 Å². The van der Waals surface area contributed by atoms with Crippen LogP contribution in [0.5, 0.6) is 0 Å². The van der Waals surface area contributed by atoms with Crippen LogP contribution >= 0.6 is 0 Å². The summed E-state index contributed by atoms with van der Waals surface area (Å²) in [5.74, 6) is 0.532. The first kappa shape index (κ1) is 17.4. The second-order valence-electron chi connectivity index (χ2n) is 6.46. The van der Waals surface area contributed by atoms with E-state index < -0.39 is 4.92 Å². The van der Waals surface area contributed by atoms with Crippen molar-refractivity contribution in [2.24, 2.45) is 5.92 Å². The number of nitro groups is 1. The van der Waals surface area contributed by atoms with Gasteiger partial charge in [-0.25, -0.2) is 0 Å². The lowest BCUT2D eigenvalue weighted by atomic mass is 9.99. The van der Waals surface area contributed by atoms with E-state index in [-0.39, 0.29) is 24.1 Å². The van der Waals surface area contributed by atoms with Crippen LogP contribution in [0.4, 0.5) is 5.69 Å². The number of piperidine rings is 1. The maximum atomic E-state index is 12.1. The minimum absolute atomic E-state index is 0.000513. The summed E-state index contributed by atoms with van der Waals surface area (Å²) in [5, 5.41) is 13.9. The van der Waals surface area contributed by atoms with Crippen molar-refractivity contribution in [1.82, 2.24) is 10.2 Å². The van der Waals surface area contributed by atoms with Crippen LogP contribution in [0.1, 0.15) is 32.3 Å². The van der Waals surface area contributed by atoms with E-state index in [9.17, 15) is 14.9 Å². The van der Waals surface area contributed by atoms with Gasteiger partial charge in [0.25, 0.3) is 5.69 Å². The number of benzene rings is 1. The van der Waals surface area contributed by atoms with Gasteiger partial charge in [0.1, 0.15) is 0 Å². The Morgan fingerprint density at radius 1 is 1.48 bits per heavy atom. The minimum Gasteiger partial charge on any atom is -0.354 e. The van der Waals surface area contributed by atoms with Gasteiger partial charge in [-0.1, -0.05) is 25.1 Å². The van der Waals surface area contributed by atoms with Gasteiger partial charge < -0.3 is 5.32 Å². The molecule has 0 aliphatic carbocycles. The maximum Gasteiger partial charge on any atom is 0.273 e. The van der Waals surface area contributed by atoms with Crippen molar-refractivity contribution in [1.29, 1.82) is 0 Å². The van der Waals surface area contributed by atoms with Gasteiger partial charge in [-0.2, -0.15) is 0 Å². The highest BCUT2D eigenvalue weighted by atomic mass is 16.6.